The summed E-state index contributed by atoms with van der Waals surface area (Å²) in [7, 11) is 0. The van der Waals surface area contributed by atoms with Crippen LogP contribution in [-0.2, 0) is 19.7 Å². The number of unbranched alkanes of at least 4 members (excludes halogenated alkanes) is 2. The van der Waals surface area contributed by atoms with Gasteiger partial charge in [-0.25, -0.2) is 4.68 Å². The molecule has 0 radical (unpaired) electrons. The summed E-state index contributed by atoms with van der Waals surface area (Å²) in [5.74, 6) is 0.656. The molecule has 0 aliphatic heterocycles. The predicted molar refractivity (Wildman–Crippen MR) is 83.2 cm³/mol. The normalized spacial score (nSPS) is 10.8. The average Bonchev–Trinajstić information content (AvgIpc) is 2.89. The quantitative estimate of drug-likeness (QED) is 0.761. The van der Waals surface area contributed by atoms with Crippen molar-refractivity contribution in [2.75, 3.05) is 0 Å². The molecule has 0 atom stereocenters. The molecular formula is C15H21ClN4O. The molecule has 0 saturated heterocycles. The van der Waals surface area contributed by atoms with Crippen LogP contribution in [0, 0.1) is 0 Å². The first-order valence-electron chi connectivity index (χ1n) is 7.25. The lowest BCUT2D eigenvalue weighted by Gasteiger charge is -2.10. The van der Waals surface area contributed by atoms with E-state index in [0.717, 1.165) is 24.4 Å². The lowest BCUT2D eigenvalue weighted by molar-refractivity contribution is 0.289. The summed E-state index contributed by atoms with van der Waals surface area (Å²) in [4.78, 5) is 0. The molecule has 5 nitrogen and oxygen atoms in total. The SMILES string of the molecule is CCCCCn1nnc(CN)c1COc1ccccc1Cl. The highest BCUT2D eigenvalue weighted by atomic mass is 35.5. The number of aryl methyl sites for hydroxylation is 1. The first-order valence-corrected chi connectivity index (χ1v) is 7.62. The van der Waals surface area contributed by atoms with Gasteiger partial charge in [-0.2, -0.15) is 0 Å². The Kier molecular flexibility index (Phi) is 6.02. The lowest BCUT2D eigenvalue weighted by atomic mass is 10.2. The highest BCUT2D eigenvalue weighted by Crippen LogP contribution is 2.24. The van der Waals surface area contributed by atoms with Crippen LogP contribution >= 0.6 is 11.6 Å². The maximum atomic E-state index is 6.09. The van der Waals surface area contributed by atoms with Crippen molar-refractivity contribution in [1.82, 2.24) is 15.0 Å². The van der Waals surface area contributed by atoms with E-state index in [1.807, 2.05) is 22.9 Å². The third kappa shape index (κ3) is 4.19. The minimum absolute atomic E-state index is 0.356. The molecule has 0 aliphatic carbocycles. The number of aromatic nitrogens is 3. The number of ether oxygens (including phenoxy) is 1. The highest BCUT2D eigenvalue weighted by molar-refractivity contribution is 6.32. The van der Waals surface area contributed by atoms with E-state index in [4.69, 9.17) is 22.1 Å². The molecule has 0 fully saturated rings. The Morgan fingerprint density at radius 3 is 2.81 bits per heavy atom. The molecule has 2 N–H and O–H groups in total. The van der Waals surface area contributed by atoms with Gasteiger partial charge in [0.25, 0.3) is 0 Å². The number of para-hydroxylation sites is 1. The Morgan fingerprint density at radius 1 is 1.29 bits per heavy atom. The van der Waals surface area contributed by atoms with Gasteiger partial charge in [-0.3, -0.25) is 0 Å². The number of halogens is 1. The van der Waals surface area contributed by atoms with Crippen LogP contribution in [0.4, 0.5) is 0 Å². The van der Waals surface area contributed by atoms with Crippen LogP contribution < -0.4 is 10.5 Å². The smallest absolute Gasteiger partial charge is 0.138 e. The highest BCUT2D eigenvalue weighted by Gasteiger charge is 2.13. The van der Waals surface area contributed by atoms with Gasteiger partial charge < -0.3 is 10.5 Å². The van der Waals surface area contributed by atoms with Gasteiger partial charge in [-0.1, -0.05) is 48.7 Å². The second kappa shape index (κ2) is 8.00. The van der Waals surface area contributed by atoms with Crippen molar-refractivity contribution in [1.29, 1.82) is 0 Å². The summed E-state index contributed by atoms with van der Waals surface area (Å²) < 4.78 is 7.67. The standard InChI is InChI=1S/C15H21ClN4O/c1-2-3-6-9-20-14(13(10-17)18-19-20)11-21-15-8-5-4-7-12(15)16/h4-5,7-8H,2-3,6,9-11,17H2,1H3. The zero-order chi connectivity index (χ0) is 15.1. The molecule has 2 rings (SSSR count). The molecule has 1 aromatic heterocycles. The maximum Gasteiger partial charge on any atom is 0.138 e. The first kappa shape index (κ1) is 15.8. The number of nitrogens with zero attached hydrogens (tertiary/aromatic N) is 3. The Morgan fingerprint density at radius 2 is 2.10 bits per heavy atom. The monoisotopic (exact) mass is 308 g/mol. The molecule has 0 amide bonds. The van der Waals surface area contributed by atoms with E-state index in [1.54, 1.807) is 6.07 Å². The molecular weight excluding hydrogens is 288 g/mol. The van der Waals surface area contributed by atoms with Gasteiger partial charge >= 0.3 is 0 Å². The van der Waals surface area contributed by atoms with Gasteiger partial charge in [-0.05, 0) is 18.6 Å². The summed E-state index contributed by atoms with van der Waals surface area (Å²) in [5, 5.41) is 8.88. The molecule has 0 unspecified atom stereocenters. The number of nitrogens with two attached hydrogens (primary N) is 1. The second-order valence-electron chi connectivity index (χ2n) is 4.84. The van der Waals surface area contributed by atoms with E-state index in [0.29, 0.717) is 23.9 Å². The minimum Gasteiger partial charge on any atom is -0.486 e. The van der Waals surface area contributed by atoms with E-state index in [2.05, 4.69) is 17.2 Å². The molecule has 21 heavy (non-hydrogen) atoms. The van der Waals surface area contributed by atoms with Crippen molar-refractivity contribution in [3.63, 3.8) is 0 Å². The predicted octanol–water partition coefficient (Wildman–Crippen LogP) is 3.16. The second-order valence-corrected chi connectivity index (χ2v) is 5.24. The van der Waals surface area contributed by atoms with Crippen LogP contribution in [0.25, 0.3) is 0 Å². The fourth-order valence-electron chi connectivity index (χ4n) is 2.08. The largest absolute Gasteiger partial charge is 0.486 e. The van der Waals surface area contributed by atoms with E-state index in [1.165, 1.54) is 12.8 Å². The fraction of sp³-hybridized carbons (Fsp3) is 0.467. The topological polar surface area (TPSA) is 66.0 Å². The third-order valence-corrected chi connectivity index (χ3v) is 3.60. The van der Waals surface area contributed by atoms with Crippen molar-refractivity contribution >= 4 is 11.6 Å². The van der Waals surface area contributed by atoms with Crippen LogP contribution in [0.5, 0.6) is 5.75 Å². The van der Waals surface area contributed by atoms with Crippen LogP contribution in [0.15, 0.2) is 24.3 Å². The third-order valence-electron chi connectivity index (χ3n) is 3.29. The van der Waals surface area contributed by atoms with Crippen molar-refractivity contribution in [2.24, 2.45) is 5.73 Å². The van der Waals surface area contributed by atoms with Crippen LogP contribution in [-0.4, -0.2) is 15.0 Å². The lowest BCUT2D eigenvalue weighted by Crippen LogP contribution is -2.11. The van der Waals surface area contributed by atoms with Crippen LogP contribution in [0.3, 0.4) is 0 Å². The number of rotatable bonds is 8. The van der Waals surface area contributed by atoms with Gasteiger partial charge in [0.15, 0.2) is 0 Å². The first-order chi connectivity index (χ1) is 10.3. The summed E-state index contributed by atoms with van der Waals surface area (Å²) in [6.45, 7) is 3.74. The van der Waals surface area contributed by atoms with Gasteiger partial charge in [0, 0.05) is 13.1 Å². The summed E-state index contributed by atoms with van der Waals surface area (Å²) in [6.07, 6.45) is 3.41. The molecule has 114 valence electrons. The number of benzene rings is 1. The van der Waals surface area contributed by atoms with Gasteiger partial charge in [-0.15, -0.1) is 5.10 Å². The summed E-state index contributed by atoms with van der Waals surface area (Å²) in [6, 6.07) is 7.41. The van der Waals surface area contributed by atoms with Crippen LogP contribution in [0.2, 0.25) is 5.02 Å². The Hall–Kier alpha value is -1.59. The summed E-state index contributed by atoms with van der Waals surface area (Å²) in [5.41, 5.74) is 7.42. The van der Waals surface area contributed by atoms with E-state index < -0.39 is 0 Å². The van der Waals surface area contributed by atoms with Crippen molar-refractivity contribution in [3.05, 3.63) is 40.7 Å². The van der Waals surface area contributed by atoms with E-state index >= 15 is 0 Å². The van der Waals surface area contributed by atoms with Crippen molar-refractivity contribution in [2.45, 2.75) is 45.9 Å². The molecule has 0 spiro atoms. The number of hydrogen-bond acceptors (Lipinski definition) is 4. The van der Waals surface area contributed by atoms with E-state index in [9.17, 15) is 0 Å². The molecule has 0 bridgehead atoms. The average molecular weight is 309 g/mol. The Labute approximate surface area is 130 Å². The minimum atomic E-state index is 0.356. The molecule has 2 aromatic rings. The number of hydrogen-bond donors (Lipinski definition) is 1. The van der Waals surface area contributed by atoms with Gasteiger partial charge in [0.05, 0.1) is 5.02 Å². The molecule has 0 saturated carbocycles. The Bertz CT molecular complexity index is 571. The van der Waals surface area contributed by atoms with Crippen LogP contribution in [0.1, 0.15) is 37.6 Å². The zero-order valence-corrected chi connectivity index (χ0v) is 13.0. The molecule has 0 aliphatic rings. The van der Waals surface area contributed by atoms with E-state index in [-0.39, 0.29) is 0 Å². The molecule has 1 aromatic carbocycles. The fourth-order valence-corrected chi connectivity index (χ4v) is 2.27. The molecule has 1 heterocycles. The van der Waals surface area contributed by atoms with Crippen molar-refractivity contribution in [3.8, 4) is 5.75 Å². The van der Waals surface area contributed by atoms with Gasteiger partial charge in [0.1, 0.15) is 23.7 Å². The Balaban J connectivity index is 2.07. The maximum absolute atomic E-state index is 6.09. The summed E-state index contributed by atoms with van der Waals surface area (Å²) >= 11 is 6.09. The zero-order valence-electron chi connectivity index (χ0n) is 12.3. The molecule has 6 heteroatoms. The van der Waals surface area contributed by atoms with Gasteiger partial charge in [0.2, 0.25) is 0 Å². The van der Waals surface area contributed by atoms with Crippen molar-refractivity contribution < 1.29 is 4.74 Å².